The lowest BCUT2D eigenvalue weighted by atomic mass is 10.3. The van der Waals surface area contributed by atoms with Crippen molar-refractivity contribution < 1.29 is 24.4 Å². The molecule has 19 heavy (non-hydrogen) atoms. The molecule has 1 unspecified atom stereocenters. The average Bonchev–Trinajstić information content (AvgIpc) is 2.92. The Hall–Kier alpha value is -0.200. The van der Waals surface area contributed by atoms with Gasteiger partial charge >= 0.3 is 0 Å². The number of hydrogen-bond acceptors (Lipinski definition) is 5. The van der Waals surface area contributed by atoms with Crippen LogP contribution in [0.4, 0.5) is 0 Å². The number of hydrogen-bond donors (Lipinski definition) is 2. The number of aliphatic hydroxyl groups is 2. The Morgan fingerprint density at radius 2 is 1.79 bits per heavy atom. The summed E-state index contributed by atoms with van der Waals surface area (Å²) in [6.45, 7) is 5.32. The topological polar surface area (TPSA) is 68.2 Å². The summed E-state index contributed by atoms with van der Waals surface area (Å²) >= 11 is 0. The Bertz CT molecular complexity index is 145. The third kappa shape index (κ3) is 20.3. The van der Waals surface area contributed by atoms with Crippen LogP contribution >= 0.6 is 0 Å². The van der Waals surface area contributed by atoms with Crippen molar-refractivity contribution in [2.24, 2.45) is 0 Å². The number of aliphatic hydroxyl groups excluding tert-OH is 2. The smallest absolute Gasteiger partial charge is 0.0745 e. The highest BCUT2D eigenvalue weighted by molar-refractivity contribution is 4.65. The van der Waals surface area contributed by atoms with Gasteiger partial charge in [-0.1, -0.05) is 12.8 Å². The van der Waals surface area contributed by atoms with Crippen molar-refractivity contribution >= 4 is 0 Å². The molecule has 1 rings (SSSR count). The molecule has 0 aromatic rings. The van der Waals surface area contributed by atoms with Gasteiger partial charge in [-0.2, -0.15) is 0 Å². The second-order valence-corrected chi connectivity index (χ2v) is 4.37. The first kappa shape index (κ1) is 21.1. The molecular weight excluding hydrogens is 248 g/mol. The van der Waals surface area contributed by atoms with Gasteiger partial charge < -0.3 is 24.4 Å². The zero-order valence-electron chi connectivity index (χ0n) is 12.9. The highest BCUT2D eigenvalue weighted by Gasteiger charge is 2.12. The van der Waals surface area contributed by atoms with Gasteiger partial charge in [0.1, 0.15) is 0 Å². The second kappa shape index (κ2) is 17.8. The Kier molecular flexibility index (Phi) is 19.8. The molecule has 0 aromatic heterocycles. The number of rotatable bonds is 6. The molecule has 5 nitrogen and oxygen atoms in total. The van der Waals surface area contributed by atoms with E-state index >= 15 is 0 Å². The molecule has 1 fully saturated rings. The molecule has 0 amide bonds. The van der Waals surface area contributed by atoms with Crippen LogP contribution in [0.25, 0.3) is 0 Å². The first-order chi connectivity index (χ1) is 9.12. The van der Waals surface area contributed by atoms with Crippen LogP contribution in [0, 0.1) is 0 Å². The van der Waals surface area contributed by atoms with Gasteiger partial charge in [0.15, 0.2) is 0 Å². The summed E-state index contributed by atoms with van der Waals surface area (Å²) in [5.41, 5.74) is 0. The molecule has 0 aromatic carbocycles. The normalized spacial score (nSPS) is 16.1. The first-order valence-corrected chi connectivity index (χ1v) is 7.00. The highest BCUT2D eigenvalue weighted by Crippen LogP contribution is 2.19. The molecule has 0 aliphatic heterocycles. The number of methoxy groups -OCH3 is 2. The summed E-state index contributed by atoms with van der Waals surface area (Å²) < 4.78 is 14.4. The summed E-state index contributed by atoms with van der Waals surface area (Å²) in [5, 5.41) is 16.5. The van der Waals surface area contributed by atoms with Gasteiger partial charge in [-0.05, 0) is 26.7 Å². The molecule has 1 atom stereocenters. The maximum Gasteiger partial charge on any atom is 0.0745 e. The van der Waals surface area contributed by atoms with Gasteiger partial charge in [0.25, 0.3) is 0 Å². The van der Waals surface area contributed by atoms with E-state index in [1.165, 1.54) is 25.7 Å². The molecular formula is C14H32O5. The third-order valence-corrected chi connectivity index (χ3v) is 2.49. The van der Waals surface area contributed by atoms with Gasteiger partial charge in [-0.3, -0.25) is 0 Å². The average molecular weight is 280 g/mol. The Morgan fingerprint density at radius 1 is 1.21 bits per heavy atom. The predicted octanol–water partition coefficient (Wildman–Crippen LogP) is 1.60. The van der Waals surface area contributed by atoms with E-state index in [-0.39, 0.29) is 12.7 Å². The fraction of sp³-hybridized carbons (Fsp3) is 1.00. The summed E-state index contributed by atoms with van der Waals surface area (Å²) in [4.78, 5) is 0. The predicted molar refractivity (Wildman–Crippen MR) is 76.4 cm³/mol. The SMILES string of the molecule is CCOCC(C)O.COC1CCCC1.COCCO. The maximum absolute atomic E-state index is 8.56. The van der Waals surface area contributed by atoms with Crippen molar-refractivity contribution in [2.75, 3.05) is 40.6 Å². The van der Waals surface area contributed by atoms with Crippen LogP contribution in [-0.2, 0) is 14.2 Å². The summed E-state index contributed by atoms with van der Waals surface area (Å²) in [7, 11) is 3.35. The van der Waals surface area contributed by atoms with Crippen molar-refractivity contribution in [2.45, 2.75) is 51.7 Å². The van der Waals surface area contributed by atoms with Gasteiger partial charge in [-0.25, -0.2) is 0 Å². The van der Waals surface area contributed by atoms with E-state index in [0.717, 1.165) is 0 Å². The van der Waals surface area contributed by atoms with Crippen molar-refractivity contribution in [3.8, 4) is 0 Å². The van der Waals surface area contributed by atoms with Crippen LogP contribution in [0.1, 0.15) is 39.5 Å². The van der Waals surface area contributed by atoms with E-state index in [1.54, 1.807) is 21.1 Å². The van der Waals surface area contributed by atoms with E-state index in [4.69, 9.17) is 19.7 Å². The van der Waals surface area contributed by atoms with Crippen LogP contribution in [0.2, 0.25) is 0 Å². The molecule has 0 heterocycles. The lowest BCUT2D eigenvalue weighted by Gasteiger charge is -2.02. The van der Waals surface area contributed by atoms with Gasteiger partial charge in [0.2, 0.25) is 0 Å². The van der Waals surface area contributed by atoms with Gasteiger partial charge in [0, 0.05) is 20.8 Å². The standard InChI is InChI=1S/C6H12O.C5H12O2.C3H8O2/c1-7-6-4-2-3-5-6;1-3-7-4-5(2)6;1-5-3-2-4/h6H,2-5H2,1H3;5-6H,3-4H2,1-2H3;4H,2-3H2,1H3. The van der Waals surface area contributed by atoms with Crippen molar-refractivity contribution in [3.05, 3.63) is 0 Å². The van der Waals surface area contributed by atoms with Crippen molar-refractivity contribution in [1.29, 1.82) is 0 Å². The largest absolute Gasteiger partial charge is 0.394 e. The van der Waals surface area contributed by atoms with Gasteiger partial charge in [-0.15, -0.1) is 0 Å². The lowest BCUT2D eigenvalue weighted by Crippen LogP contribution is -2.09. The zero-order valence-corrected chi connectivity index (χ0v) is 12.9. The summed E-state index contributed by atoms with van der Waals surface area (Å²) in [5.74, 6) is 0. The monoisotopic (exact) mass is 280 g/mol. The third-order valence-electron chi connectivity index (χ3n) is 2.49. The Morgan fingerprint density at radius 3 is 1.95 bits per heavy atom. The highest BCUT2D eigenvalue weighted by atomic mass is 16.5. The molecule has 0 bridgehead atoms. The van der Waals surface area contributed by atoms with E-state index in [2.05, 4.69) is 4.74 Å². The van der Waals surface area contributed by atoms with Crippen LogP contribution in [0.3, 0.4) is 0 Å². The molecule has 1 aliphatic rings. The van der Waals surface area contributed by atoms with E-state index in [9.17, 15) is 0 Å². The lowest BCUT2D eigenvalue weighted by molar-refractivity contribution is 0.0527. The van der Waals surface area contributed by atoms with Gasteiger partial charge in [0.05, 0.1) is 32.0 Å². The molecule has 1 aliphatic carbocycles. The van der Waals surface area contributed by atoms with Crippen LogP contribution in [0.5, 0.6) is 0 Å². The molecule has 5 heteroatoms. The molecule has 0 radical (unpaired) electrons. The Labute approximate surface area is 117 Å². The molecule has 1 saturated carbocycles. The molecule has 0 saturated heterocycles. The van der Waals surface area contributed by atoms with Crippen molar-refractivity contribution in [3.63, 3.8) is 0 Å². The van der Waals surface area contributed by atoms with E-state index in [0.29, 0.717) is 25.9 Å². The zero-order chi connectivity index (χ0) is 14.9. The van der Waals surface area contributed by atoms with E-state index < -0.39 is 0 Å². The van der Waals surface area contributed by atoms with Crippen LogP contribution in [0.15, 0.2) is 0 Å². The first-order valence-electron chi connectivity index (χ1n) is 7.00. The fourth-order valence-electron chi connectivity index (χ4n) is 1.50. The Balaban J connectivity index is 0. The van der Waals surface area contributed by atoms with E-state index in [1.807, 2.05) is 6.92 Å². The molecule has 118 valence electrons. The minimum Gasteiger partial charge on any atom is -0.394 e. The maximum atomic E-state index is 8.56. The summed E-state index contributed by atoms with van der Waals surface area (Å²) in [6, 6.07) is 0. The minimum absolute atomic E-state index is 0.122. The second-order valence-electron chi connectivity index (χ2n) is 4.37. The molecule has 2 N–H and O–H groups in total. The van der Waals surface area contributed by atoms with Crippen LogP contribution < -0.4 is 0 Å². The quantitative estimate of drug-likeness (QED) is 0.773. The minimum atomic E-state index is -0.319. The van der Waals surface area contributed by atoms with Crippen molar-refractivity contribution in [1.82, 2.24) is 0 Å². The summed E-state index contributed by atoms with van der Waals surface area (Å²) in [6.07, 6.45) is 5.60. The molecule has 0 spiro atoms. The van der Waals surface area contributed by atoms with Crippen LogP contribution in [-0.4, -0.2) is 63.1 Å². The fourth-order valence-corrected chi connectivity index (χ4v) is 1.50. The number of ether oxygens (including phenoxy) is 3.